The Kier molecular flexibility index (Phi) is 2.59. The smallest absolute Gasteiger partial charge is 0.267 e. The van der Waals surface area contributed by atoms with E-state index in [1.807, 2.05) is 55.5 Å². The predicted molar refractivity (Wildman–Crippen MR) is 85.2 cm³/mol. The number of benzene rings is 2. The van der Waals surface area contributed by atoms with Crippen LogP contribution in [0.5, 0.6) is 0 Å². The van der Waals surface area contributed by atoms with Gasteiger partial charge < -0.3 is 5.32 Å². The van der Waals surface area contributed by atoms with Gasteiger partial charge in [-0.2, -0.15) is 5.10 Å². The van der Waals surface area contributed by atoms with Gasteiger partial charge in [-0.3, -0.25) is 10.2 Å². The third-order valence-electron chi connectivity index (χ3n) is 3.80. The number of nitrogens with zero attached hydrogens (tertiary/aromatic N) is 1. The van der Waals surface area contributed by atoms with Crippen molar-refractivity contribution in [1.29, 1.82) is 0 Å². The molecule has 2 heterocycles. The van der Waals surface area contributed by atoms with Crippen LogP contribution in [0.15, 0.2) is 53.6 Å². The van der Waals surface area contributed by atoms with Crippen molar-refractivity contribution in [3.63, 3.8) is 0 Å². The van der Waals surface area contributed by atoms with Crippen LogP contribution >= 0.6 is 11.8 Å². The molecule has 0 aliphatic carbocycles. The predicted octanol–water partition coefficient (Wildman–Crippen LogP) is 2.80. The number of hydrogen-bond donors (Lipinski definition) is 2. The molecular weight excluding hydrogens is 282 g/mol. The Bertz CT molecular complexity index is 772. The van der Waals surface area contributed by atoms with Gasteiger partial charge in [0.2, 0.25) is 4.87 Å². The van der Waals surface area contributed by atoms with Gasteiger partial charge in [-0.15, -0.1) is 0 Å². The van der Waals surface area contributed by atoms with E-state index in [0.29, 0.717) is 0 Å². The molecule has 4 rings (SSSR count). The zero-order chi connectivity index (χ0) is 14.4. The first-order valence-corrected chi connectivity index (χ1v) is 7.53. The van der Waals surface area contributed by atoms with Crippen molar-refractivity contribution in [3.05, 3.63) is 65.2 Å². The molecule has 2 aromatic carbocycles. The van der Waals surface area contributed by atoms with Gasteiger partial charge in [0, 0.05) is 11.1 Å². The summed E-state index contributed by atoms with van der Waals surface area (Å²) in [5, 5.41) is 8.20. The lowest BCUT2D eigenvalue weighted by atomic mass is 10.1. The van der Waals surface area contributed by atoms with Gasteiger partial charge in [-0.25, -0.2) is 0 Å². The summed E-state index contributed by atoms with van der Waals surface area (Å²) in [6, 6.07) is 15.8. The van der Waals surface area contributed by atoms with Crippen LogP contribution in [-0.2, 0) is 9.67 Å². The van der Waals surface area contributed by atoms with Crippen LogP contribution in [0.25, 0.3) is 0 Å². The summed E-state index contributed by atoms with van der Waals surface area (Å²) in [5.74, 6) is -0.0634. The Morgan fingerprint density at radius 3 is 2.71 bits per heavy atom. The Labute approximate surface area is 126 Å². The highest BCUT2D eigenvalue weighted by molar-refractivity contribution is 8.16. The van der Waals surface area contributed by atoms with Gasteiger partial charge in [0.15, 0.2) is 0 Å². The highest BCUT2D eigenvalue weighted by Gasteiger charge is 2.52. The molecule has 0 saturated heterocycles. The fourth-order valence-electron chi connectivity index (χ4n) is 2.69. The van der Waals surface area contributed by atoms with Crippen LogP contribution in [0, 0.1) is 6.92 Å². The van der Waals surface area contributed by atoms with Gasteiger partial charge in [0.1, 0.15) is 5.04 Å². The third-order valence-corrected chi connectivity index (χ3v) is 5.12. The summed E-state index contributed by atoms with van der Waals surface area (Å²) in [7, 11) is 0. The summed E-state index contributed by atoms with van der Waals surface area (Å²) in [4.78, 5) is 11.7. The SMILES string of the molecule is Cc1cccc2c1NC(=O)[C@]21NN=C(c2ccccc2)S1. The number of amides is 1. The highest BCUT2D eigenvalue weighted by Crippen LogP contribution is 2.48. The maximum atomic E-state index is 12.5. The van der Waals surface area contributed by atoms with Crippen LogP contribution < -0.4 is 10.7 Å². The fourth-order valence-corrected chi connectivity index (χ4v) is 3.84. The van der Waals surface area contributed by atoms with E-state index in [9.17, 15) is 4.79 Å². The molecule has 0 fully saturated rings. The molecule has 0 radical (unpaired) electrons. The molecule has 0 unspecified atom stereocenters. The first kappa shape index (κ1) is 12.5. The Morgan fingerprint density at radius 1 is 1.10 bits per heavy atom. The zero-order valence-electron chi connectivity index (χ0n) is 11.4. The molecule has 0 bridgehead atoms. The molecule has 1 spiro atoms. The minimum Gasteiger partial charge on any atom is -0.322 e. The summed E-state index contributed by atoms with van der Waals surface area (Å²) >= 11 is 1.46. The molecule has 5 heteroatoms. The summed E-state index contributed by atoms with van der Waals surface area (Å²) in [5.41, 5.74) is 6.98. The number of carbonyl (C=O) groups excluding carboxylic acids is 1. The van der Waals surface area contributed by atoms with Crippen molar-refractivity contribution < 1.29 is 4.79 Å². The number of thioether (sulfide) groups is 1. The van der Waals surface area contributed by atoms with E-state index in [0.717, 1.165) is 27.4 Å². The monoisotopic (exact) mass is 295 g/mol. The van der Waals surface area contributed by atoms with Crippen LogP contribution in [0.3, 0.4) is 0 Å². The molecule has 2 aliphatic rings. The van der Waals surface area contributed by atoms with Crippen molar-refractivity contribution in [1.82, 2.24) is 5.43 Å². The standard InChI is InChI=1S/C16H13N3OS/c1-10-6-5-9-12-13(10)17-15(20)16(12)19-18-14(21-16)11-7-3-2-4-8-11/h2-9,19H,1H3,(H,17,20)/t16-/m0/s1. The number of fused-ring (bicyclic) bond motifs is 2. The van der Waals surface area contributed by atoms with E-state index in [4.69, 9.17) is 0 Å². The molecule has 2 aliphatic heterocycles. The summed E-state index contributed by atoms with van der Waals surface area (Å²) in [6.07, 6.45) is 0. The molecule has 2 aromatic rings. The van der Waals surface area contributed by atoms with E-state index < -0.39 is 4.87 Å². The number of carbonyl (C=O) groups is 1. The van der Waals surface area contributed by atoms with Crippen molar-refractivity contribution in [2.45, 2.75) is 11.8 Å². The molecule has 104 valence electrons. The van der Waals surface area contributed by atoms with Gasteiger partial charge in [-0.05, 0) is 12.5 Å². The van der Waals surface area contributed by atoms with Gasteiger partial charge in [0.25, 0.3) is 5.91 Å². The molecule has 0 saturated carbocycles. The Balaban J connectivity index is 1.76. The maximum absolute atomic E-state index is 12.5. The van der Waals surface area contributed by atoms with Crippen molar-refractivity contribution in [3.8, 4) is 0 Å². The normalized spacial score (nSPS) is 22.7. The molecule has 1 amide bonds. The quantitative estimate of drug-likeness (QED) is 0.850. The highest BCUT2D eigenvalue weighted by atomic mass is 32.2. The average Bonchev–Trinajstić information content (AvgIpc) is 3.07. The summed E-state index contributed by atoms with van der Waals surface area (Å²) in [6.45, 7) is 2.00. The molecule has 1 atom stereocenters. The number of anilines is 1. The number of nitrogens with one attached hydrogen (secondary N) is 2. The first-order valence-electron chi connectivity index (χ1n) is 6.71. The van der Waals surface area contributed by atoms with E-state index in [-0.39, 0.29) is 5.91 Å². The second kappa shape index (κ2) is 4.36. The van der Waals surface area contributed by atoms with Gasteiger partial charge in [-0.1, -0.05) is 60.3 Å². The number of para-hydroxylation sites is 1. The van der Waals surface area contributed by atoms with Crippen LogP contribution in [0.1, 0.15) is 16.7 Å². The maximum Gasteiger partial charge on any atom is 0.267 e. The molecule has 2 N–H and O–H groups in total. The van der Waals surface area contributed by atoms with E-state index in [1.165, 1.54) is 11.8 Å². The average molecular weight is 295 g/mol. The fraction of sp³-hybridized carbons (Fsp3) is 0.125. The lowest BCUT2D eigenvalue weighted by Crippen LogP contribution is -2.39. The largest absolute Gasteiger partial charge is 0.322 e. The van der Waals surface area contributed by atoms with Crippen molar-refractivity contribution in [2.24, 2.45) is 5.10 Å². The summed E-state index contributed by atoms with van der Waals surface area (Å²) < 4.78 is 0. The van der Waals surface area contributed by atoms with Crippen LogP contribution in [0.2, 0.25) is 0 Å². The molecule has 4 nitrogen and oxygen atoms in total. The first-order chi connectivity index (χ1) is 10.2. The van der Waals surface area contributed by atoms with Crippen molar-refractivity contribution >= 4 is 28.4 Å². The van der Waals surface area contributed by atoms with Gasteiger partial charge >= 0.3 is 0 Å². The molecule has 0 aromatic heterocycles. The number of aryl methyl sites for hydroxylation is 1. The van der Waals surface area contributed by atoms with Crippen LogP contribution in [-0.4, -0.2) is 11.0 Å². The van der Waals surface area contributed by atoms with Crippen molar-refractivity contribution in [2.75, 3.05) is 5.32 Å². The van der Waals surface area contributed by atoms with Crippen LogP contribution in [0.4, 0.5) is 5.69 Å². The van der Waals surface area contributed by atoms with E-state index in [1.54, 1.807) is 0 Å². The third kappa shape index (κ3) is 1.70. The lowest BCUT2D eigenvalue weighted by molar-refractivity contribution is -0.118. The lowest BCUT2D eigenvalue weighted by Gasteiger charge is -2.19. The second-order valence-electron chi connectivity index (χ2n) is 5.13. The molecular formula is C16H13N3OS. The number of hydrazone groups is 1. The Hall–Kier alpha value is -2.27. The van der Waals surface area contributed by atoms with E-state index in [2.05, 4.69) is 15.8 Å². The topological polar surface area (TPSA) is 53.5 Å². The van der Waals surface area contributed by atoms with E-state index >= 15 is 0 Å². The molecule has 21 heavy (non-hydrogen) atoms. The minimum atomic E-state index is -0.841. The minimum absolute atomic E-state index is 0.0634. The number of hydrogen-bond acceptors (Lipinski definition) is 4. The van der Waals surface area contributed by atoms with Gasteiger partial charge in [0.05, 0.1) is 5.69 Å². The second-order valence-corrected chi connectivity index (χ2v) is 6.33. The zero-order valence-corrected chi connectivity index (χ0v) is 12.2. The number of rotatable bonds is 1. The Morgan fingerprint density at radius 2 is 1.90 bits per heavy atom.